The number of ether oxygens (including phenoxy) is 1. The largest absolute Gasteiger partial charge is 0.495 e. The lowest BCUT2D eigenvalue weighted by atomic mass is 9.94. The number of thiophene rings is 1. The van der Waals surface area contributed by atoms with Crippen LogP contribution in [0.5, 0.6) is 5.75 Å². The highest BCUT2D eigenvalue weighted by Gasteiger charge is 2.22. The number of hydrogen-bond acceptors (Lipinski definition) is 3. The molecule has 0 spiro atoms. The predicted octanol–water partition coefficient (Wildman–Crippen LogP) is 3.49. The minimum Gasteiger partial charge on any atom is -0.495 e. The van der Waals surface area contributed by atoms with E-state index >= 15 is 0 Å². The Kier molecular flexibility index (Phi) is 2.74. The van der Waals surface area contributed by atoms with Crippen LogP contribution in [0.25, 0.3) is 10.1 Å². The maximum Gasteiger partial charge on any atom is 0.336 e. The van der Waals surface area contributed by atoms with E-state index in [4.69, 9.17) is 4.74 Å². The number of benzene rings is 1. The predicted molar refractivity (Wildman–Crippen MR) is 72.0 cm³/mol. The second kappa shape index (κ2) is 4.28. The van der Waals surface area contributed by atoms with Gasteiger partial charge in [-0.15, -0.1) is 11.3 Å². The van der Waals surface area contributed by atoms with Crippen molar-refractivity contribution in [1.29, 1.82) is 0 Å². The molecule has 1 heterocycles. The van der Waals surface area contributed by atoms with Crippen molar-refractivity contribution in [2.45, 2.75) is 25.7 Å². The van der Waals surface area contributed by atoms with E-state index < -0.39 is 5.97 Å². The van der Waals surface area contributed by atoms with E-state index in [1.165, 1.54) is 16.9 Å². The van der Waals surface area contributed by atoms with Crippen LogP contribution in [0.1, 0.15) is 33.6 Å². The standard InChI is InChI=1S/C14H14O3S/c1-17-10-7-6-9(14(15)16)12-8-4-2-3-5-11(8)18-13(10)12/h6-7H,2-5H2,1H3,(H,15,16). The first-order valence-corrected chi connectivity index (χ1v) is 6.88. The van der Waals surface area contributed by atoms with Gasteiger partial charge >= 0.3 is 5.97 Å². The Morgan fingerprint density at radius 2 is 2.11 bits per heavy atom. The zero-order valence-electron chi connectivity index (χ0n) is 10.2. The molecular weight excluding hydrogens is 248 g/mol. The van der Waals surface area contributed by atoms with Crippen LogP contribution in [0, 0.1) is 0 Å². The van der Waals surface area contributed by atoms with Gasteiger partial charge in [0.15, 0.2) is 0 Å². The number of fused-ring (bicyclic) bond motifs is 3. The molecule has 0 aliphatic heterocycles. The molecule has 0 bridgehead atoms. The molecule has 1 aromatic carbocycles. The summed E-state index contributed by atoms with van der Waals surface area (Å²) in [5, 5.41) is 10.2. The fourth-order valence-electron chi connectivity index (χ4n) is 2.68. The molecule has 1 aliphatic rings. The van der Waals surface area contributed by atoms with E-state index in [9.17, 15) is 9.90 Å². The number of aryl methyl sites for hydroxylation is 2. The third kappa shape index (κ3) is 1.60. The number of carboxylic acid groups (broad SMARTS) is 1. The van der Waals surface area contributed by atoms with Crippen molar-refractivity contribution in [2.24, 2.45) is 0 Å². The smallest absolute Gasteiger partial charge is 0.336 e. The first-order chi connectivity index (χ1) is 8.72. The first-order valence-electron chi connectivity index (χ1n) is 6.07. The molecule has 0 radical (unpaired) electrons. The monoisotopic (exact) mass is 262 g/mol. The Bertz CT molecular complexity index is 627. The zero-order valence-corrected chi connectivity index (χ0v) is 11.0. The van der Waals surface area contributed by atoms with E-state index in [1.807, 2.05) is 0 Å². The number of rotatable bonds is 2. The van der Waals surface area contributed by atoms with Gasteiger partial charge in [-0.05, 0) is 43.4 Å². The Hall–Kier alpha value is -1.55. The quantitative estimate of drug-likeness (QED) is 0.901. The number of carbonyl (C=O) groups is 1. The van der Waals surface area contributed by atoms with Crippen LogP contribution in [0.15, 0.2) is 12.1 Å². The maximum atomic E-state index is 11.4. The lowest BCUT2D eigenvalue weighted by Crippen LogP contribution is -2.02. The van der Waals surface area contributed by atoms with Gasteiger partial charge in [0.05, 0.1) is 17.4 Å². The Balaban J connectivity index is 2.38. The highest BCUT2D eigenvalue weighted by Crippen LogP contribution is 2.42. The van der Waals surface area contributed by atoms with E-state index in [-0.39, 0.29) is 0 Å². The molecule has 3 rings (SSSR count). The summed E-state index contributed by atoms with van der Waals surface area (Å²) in [6.07, 6.45) is 4.40. The summed E-state index contributed by atoms with van der Waals surface area (Å²) in [6, 6.07) is 3.42. The third-order valence-electron chi connectivity index (χ3n) is 3.52. The number of hydrogen-bond donors (Lipinski definition) is 1. The summed E-state index contributed by atoms with van der Waals surface area (Å²) in [5.74, 6) is -0.0665. The molecule has 0 fully saturated rings. The van der Waals surface area contributed by atoms with Gasteiger partial charge in [0.1, 0.15) is 5.75 Å². The van der Waals surface area contributed by atoms with E-state index in [1.54, 1.807) is 30.6 Å². The Morgan fingerprint density at radius 3 is 2.83 bits per heavy atom. The van der Waals surface area contributed by atoms with Gasteiger partial charge < -0.3 is 9.84 Å². The highest BCUT2D eigenvalue weighted by atomic mass is 32.1. The fraction of sp³-hybridized carbons (Fsp3) is 0.357. The van der Waals surface area contributed by atoms with Crippen molar-refractivity contribution in [2.75, 3.05) is 7.11 Å². The second-order valence-corrected chi connectivity index (χ2v) is 5.64. The van der Waals surface area contributed by atoms with Gasteiger partial charge in [-0.2, -0.15) is 0 Å². The number of methoxy groups -OCH3 is 1. The average molecular weight is 262 g/mol. The third-order valence-corrected chi connectivity index (χ3v) is 4.82. The number of aromatic carboxylic acids is 1. The highest BCUT2D eigenvalue weighted by molar-refractivity contribution is 7.19. The summed E-state index contributed by atoms with van der Waals surface area (Å²) in [5.41, 5.74) is 1.64. The first kappa shape index (κ1) is 11.5. The average Bonchev–Trinajstić information content (AvgIpc) is 2.76. The molecule has 0 amide bonds. The second-order valence-electron chi connectivity index (χ2n) is 4.54. The van der Waals surface area contributed by atoms with Crippen molar-refractivity contribution >= 4 is 27.4 Å². The van der Waals surface area contributed by atoms with Crippen LogP contribution in [-0.2, 0) is 12.8 Å². The van der Waals surface area contributed by atoms with Gasteiger partial charge in [-0.3, -0.25) is 0 Å². The van der Waals surface area contributed by atoms with Gasteiger partial charge in [-0.1, -0.05) is 0 Å². The normalized spacial score (nSPS) is 14.5. The van der Waals surface area contributed by atoms with Gasteiger partial charge in [0.2, 0.25) is 0 Å². The molecule has 3 nitrogen and oxygen atoms in total. The van der Waals surface area contributed by atoms with Gasteiger partial charge in [0, 0.05) is 10.3 Å². The molecule has 94 valence electrons. The molecule has 4 heteroatoms. The SMILES string of the molecule is COc1ccc(C(=O)O)c2c3c(sc12)CCCC3. The lowest BCUT2D eigenvalue weighted by Gasteiger charge is -2.11. The maximum absolute atomic E-state index is 11.4. The van der Waals surface area contributed by atoms with E-state index in [2.05, 4.69) is 0 Å². The molecular formula is C14H14O3S. The molecule has 1 N–H and O–H groups in total. The topological polar surface area (TPSA) is 46.5 Å². The minimum atomic E-state index is -0.853. The van der Waals surface area contributed by atoms with Gasteiger partial charge in [0.25, 0.3) is 0 Å². The molecule has 18 heavy (non-hydrogen) atoms. The molecule has 1 aromatic heterocycles. The van der Waals surface area contributed by atoms with Gasteiger partial charge in [-0.25, -0.2) is 4.79 Å². The van der Waals surface area contributed by atoms with Crippen LogP contribution in [-0.4, -0.2) is 18.2 Å². The summed E-state index contributed by atoms with van der Waals surface area (Å²) >= 11 is 1.69. The van der Waals surface area contributed by atoms with Crippen LogP contribution < -0.4 is 4.74 Å². The summed E-state index contributed by atoms with van der Waals surface area (Å²) < 4.78 is 6.35. The van der Waals surface area contributed by atoms with E-state index in [0.29, 0.717) is 5.56 Å². The summed E-state index contributed by atoms with van der Waals surface area (Å²) in [6.45, 7) is 0. The van der Waals surface area contributed by atoms with E-state index in [0.717, 1.165) is 35.1 Å². The summed E-state index contributed by atoms with van der Waals surface area (Å²) in [4.78, 5) is 12.7. The molecule has 0 atom stereocenters. The van der Waals surface area contributed by atoms with Crippen molar-refractivity contribution in [3.05, 3.63) is 28.1 Å². The lowest BCUT2D eigenvalue weighted by molar-refractivity contribution is 0.0699. The summed E-state index contributed by atoms with van der Waals surface area (Å²) in [7, 11) is 1.63. The molecule has 0 saturated carbocycles. The molecule has 0 unspecified atom stereocenters. The minimum absolute atomic E-state index is 0.408. The zero-order chi connectivity index (χ0) is 12.7. The van der Waals surface area contributed by atoms with Crippen LogP contribution in [0.3, 0.4) is 0 Å². The number of carboxylic acids is 1. The van der Waals surface area contributed by atoms with Crippen LogP contribution in [0.4, 0.5) is 0 Å². The van der Waals surface area contributed by atoms with Crippen LogP contribution in [0.2, 0.25) is 0 Å². The Labute approximate surface area is 109 Å². The fourth-order valence-corrected chi connectivity index (χ4v) is 4.09. The van der Waals surface area contributed by atoms with Crippen molar-refractivity contribution < 1.29 is 14.6 Å². The molecule has 2 aromatic rings. The van der Waals surface area contributed by atoms with Crippen LogP contribution >= 0.6 is 11.3 Å². The van der Waals surface area contributed by atoms with Crippen molar-refractivity contribution in [1.82, 2.24) is 0 Å². The van der Waals surface area contributed by atoms with Crippen molar-refractivity contribution in [3.8, 4) is 5.75 Å². The molecule has 0 saturated heterocycles. The molecule has 1 aliphatic carbocycles. The van der Waals surface area contributed by atoms with Crippen molar-refractivity contribution in [3.63, 3.8) is 0 Å². The Morgan fingerprint density at radius 1 is 1.33 bits per heavy atom.